The van der Waals surface area contributed by atoms with Gasteiger partial charge in [0, 0.05) is 25.0 Å². The zero-order chi connectivity index (χ0) is 15.1. The lowest BCUT2D eigenvalue weighted by Gasteiger charge is -2.16. The van der Waals surface area contributed by atoms with E-state index in [0.717, 1.165) is 25.1 Å². The standard InChI is InChI=1S/C17H27N3O/c1-13(2)10-19-16-9-14(11-18-12-16)17(21)20-15-7-5-3-4-6-8-15/h9,11-13,15,19H,3-8,10H2,1-2H3,(H,20,21). The van der Waals surface area contributed by atoms with Gasteiger partial charge in [-0.25, -0.2) is 0 Å². The summed E-state index contributed by atoms with van der Waals surface area (Å²) >= 11 is 0. The largest absolute Gasteiger partial charge is 0.384 e. The molecule has 0 spiro atoms. The number of amides is 1. The first-order valence-electron chi connectivity index (χ1n) is 8.15. The maximum atomic E-state index is 12.3. The molecule has 1 aromatic heterocycles. The second-order valence-corrected chi connectivity index (χ2v) is 6.40. The van der Waals surface area contributed by atoms with Crippen LogP contribution in [0, 0.1) is 5.92 Å². The lowest BCUT2D eigenvalue weighted by Crippen LogP contribution is -2.34. The van der Waals surface area contributed by atoms with Gasteiger partial charge >= 0.3 is 0 Å². The molecule has 0 saturated heterocycles. The first-order valence-corrected chi connectivity index (χ1v) is 8.15. The number of hydrogen-bond donors (Lipinski definition) is 2. The van der Waals surface area contributed by atoms with Crippen LogP contribution in [-0.4, -0.2) is 23.5 Å². The van der Waals surface area contributed by atoms with E-state index in [4.69, 9.17) is 0 Å². The zero-order valence-electron chi connectivity index (χ0n) is 13.2. The number of carbonyl (C=O) groups excluding carboxylic acids is 1. The van der Waals surface area contributed by atoms with Crippen LogP contribution in [0.2, 0.25) is 0 Å². The fraction of sp³-hybridized carbons (Fsp3) is 0.647. The van der Waals surface area contributed by atoms with Gasteiger partial charge in [0.2, 0.25) is 0 Å². The van der Waals surface area contributed by atoms with E-state index in [2.05, 4.69) is 29.5 Å². The number of nitrogens with zero attached hydrogens (tertiary/aromatic N) is 1. The molecule has 1 aliphatic carbocycles. The van der Waals surface area contributed by atoms with E-state index in [1.165, 1.54) is 25.7 Å². The van der Waals surface area contributed by atoms with Gasteiger partial charge in [0.05, 0.1) is 11.3 Å². The minimum atomic E-state index is 0.00240. The minimum Gasteiger partial charge on any atom is -0.384 e. The van der Waals surface area contributed by atoms with Crippen LogP contribution < -0.4 is 10.6 Å². The summed E-state index contributed by atoms with van der Waals surface area (Å²) in [6.07, 6.45) is 10.6. The summed E-state index contributed by atoms with van der Waals surface area (Å²) < 4.78 is 0. The molecule has 1 amide bonds. The highest BCUT2D eigenvalue weighted by Gasteiger charge is 2.16. The SMILES string of the molecule is CC(C)CNc1cncc(C(=O)NC2CCCCCC2)c1. The number of rotatable bonds is 5. The summed E-state index contributed by atoms with van der Waals surface area (Å²) in [5, 5.41) is 6.47. The molecule has 1 heterocycles. The molecule has 116 valence electrons. The van der Waals surface area contributed by atoms with Crippen molar-refractivity contribution in [2.45, 2.75) is 58.4 Å². The van der Waals surface area contributed by atoms with E-state index < -0.39 is 0 Å². The molecule has 2 N–H and O–H groups in total. The minimum absolute atomic E-state index is 0.00240. The first kappa shape index (κ1) is 15.8. The van der Waals surface area contributed by atoms with E-state index in [-0.39, 0.29) is 5.91 Å². The third-order valence-corrected chi connectivity index (χ3v) is 3.91. The summed E-state index contributed by atoms with van der Waals surface area (Å²) in [6, 6.07) is 2.22. The van der Waals surface area contributed by atoms with Gasteiger partial charge in [0.1, 0.15) is 0 Å². The van der Waals surface area contributed by atoms with Crippen LogP contribution in [0.3, 0.4) is 0 Å². The molecule has 1 aliphatic rings. The highest BCUT2D eigenvalue weighted by Crippen LogP contribution is 2.18. The molecule has 21 heavy (non-hydrogen) atoms. The van der Waals surface area contributed by atoms with Crippen molar-refractivity contribution in [3.05, 3.63) is 24.0 Å². The number of pyridine rings is 1. The summed E-state index contributed by atoms with van der Waals surface area (Å²) in [5.41, 5.74) is 1.56. The van der Waals surface area contributed by atoms with Crippen LogP contribution in [0.1, 0.15) is 62.7 Å². The number of hydrogen-bond acceptors (Lipinski definition) is 3. The third kappa shape index (κ3) is 5.37. The van der Waals surface area contributed by atoms with Crippen LogP contribution in [0.25, 0.3) is 0 Å². The van der Waals surface area contributed by atoms with Gasteiger partial charge in [-0.1, -0.05) is 39.5 Å². The number of aromatic nitrogens is 1. The lowest BCUT2D eigenvalue weighted by atomic mass is 10.1. The number of carbonyl (C=O) groups is 1. The molecule has 0 atom stereocenters. The average Bonchev–Trinajstić information content (AvgIpc) is 2.74. The second-order valence-electron chi connectivity index (χ2n) is 6.40. The van der Waals surface area contributed by atoms with Crippen molar-refractivity contribution in [2.24, 2.45) is 5.92 Å². The summed E-state index contributed by atoms with van der Waals surface area (Å²) in [4.78, 5) is 16.5. The van der Waals surface area contributed by atoms with Crippen LogP contribution in [0.4, 0.5) is 5.69 Å². The topological polar surface area (TPSA) is 54.0 Å². The van der Waals surface area contributed by atoms with E-state index in [0.29, 0.717) is 17.5 Å². The molecular formula is C17H27N3O. The highest BCUT2D eigenvalue weighted by atomic mass is 16.1. The summed E-state index contributed by atoms with van der Waals surface area (Å²) in [5.74, 6) is 0.566. The number of anilines is 1. The van der Waals surface area contributed by atoms with Gasteiger partial charge in [0.15, 0.2) is 0 Å². The molecule has 0 aliphatic heterocycles. The molecule has 2 rings (SSSR count). The van der Waals surface area contributed by atoms with Gasteiger partial charge in [-0.05, 0) is 24.8 Å². The Bertz CT molecular complexity index is 451. The van der Waals surface area contributed by atoms with Crippen molar-refractivity contribution in [3.8, 4) is 0 Å². The monoisotopic (exact) mass is 289 g/mol. The van der Waals surface area contributed by atoms with E-state index >= 15 is 0 Å². The number of nitrogens with one attached hydrogen (secondary N) is 2. The maximum Gasteiger partial charge on any atom is 0.253 e. The fourth-order valence-corrected chi connectivity index (χ4v) is 2.68. The zero-order valence-corrected chi connectivity index (χ0v) is 13.2. The Morgan fingerprint density at radius 2 is 1.95 bits per heavy atom. The second kappa shape index (κ2) is 8.01. The Kier molecular flexibility index (Phi) is 6.03. The summed E-state index contributed by atoms with van der Waals surface area (Å²) in [6.45, 7) is 5.20. The van der Waals surface area contributed by atoms with Gasteiger partial charge < -0.3 is 10.6 Å². The maximum absolute atomic E-state index is 12.3. The van der Waals surface area contributed by atoms with E-state index in [1.807, 2.05) is 6.07 Å². The Hall–Kier alpha value is -1.58. The Morgan fingerprint density at radius 1 is 1.24 bits per heavy atom. The van der Waals surface area contributed by atoms with Crippen molar-refractivity contribution in [1.82, 2.24) is 10.3 Å². The Balaban J connectivity index is 1.93. The lowest BCUT2D eigenvalue weighted by molar-refractivity contribution is 0.0933. The van der Waals surface area contributed by atoms with Crippen LogP contribution >= 0.6 is 0 Å². The molecule has 4 heteroatoms. The molecule has 0 aromatic carbocycles. The quantitative estimate of drug-likeness (QED) is 0.814. The Morgan fingerprint density at radius 3 is 2.62 bits per heavy atom. The van der Waals surface area contributed by atoms with Crippen molar-refractivity contribution < 1.29 is 4.79 Å². The van der Waals surface area contributed by atoms with Gasteiger partial charge in [-0.15, -0.1) is 0 Å². The predicted octanol–water partition coefficient (Wildman–Crippen LogP) is 3.60. The predicted molar refractivity (Wildman–Crippen MR) is 86.5 cm³/mol. The van der Waals surface area contributed by atoms with Crippen LogP contribution in [-0.2, 0) is 0 Å². The first-order chi connectivity index (χ1) is 10.1. The van der Waals surface area contributed by atoms with E-state index in [1.54, 1.807) is 12.4 Å². The van der Waals surface area contributed by atoms with Gasteiger partial charge in [-0.3, -0.25) is 9.78 Å². The van der Waals surface area contributed by atoms with Gasteiger partial charge in [-0.2, -0.15) is 0 Å². The van der Waals surface area contributed by atoms with Crippen LogP contribution in [0.5, 0.6) is 0 Å². The molecule has 0 radical (unpaired) electrons. The molecule has 4 nitrogen and oxygen atoms in total. The Labute approximate surface area is 127 Å². The van der Waals surface area contributed by atoms with Crippen molar-refractivity contribution in [2.75, 3.05) is 11.9 Å². The van der Waals surface area contributed by atoms with E-state index in [9.17, 15) is 4.79 Å². The average molecular weight is 289 g/mol. The molecule has 0 bridgehead atoms. The molecule has 1 saturated carbocycles. The normalized spacial score (nSPS) is 16.5. The van der Waals surface area contributed by atoms with Crippen molar-refractivity contribution in [1.29, 1.82) is 0 Å². The fourth-order valence-electron chi connectivity index (χ4n) is 2.68. The molecule has 1 fully saturated rings. The summed E-state index contributed by atoms with van der Waals surface area (Å²) in [7, 11) is 0. The highest BCUT2D eigenvalue weighted by molar-refractivity contribution is 5.94. The van der Waals surface area contributed by atoms with Crippen LogP contribution in [0.15, 0.2) is 18.5 Å². The third-order valence-electron chi connectivity index (χ3n) is 3.91. The van der Waals surface area contributed by atoms with Crippen molar-refractivity contribution >= 4 is 11.6 Å². The molecule has 0 unspecified atom stereocenters. The molecular weight excluding hydrogens is 262 g/mol. The molecule has 1 aromatic rings. The van der Waals surface area contributed by atoms with Gasteiger partial charge in [0.25, 0.3) is 5.91 Å². The van der Waals surface area contributed by atoms with Crippen molar-refractivity contribution in [3.63, 3.8) is 0 Å². The smallest absolute Gasteiger partial charge is 0.253 e.